The molecular formula is C11H10N2O2. The number of carbonyl (C=O) groups is 1. The fourth-order valence-electron chi connectivity index (χ4n) is 1.99. The number of rotatable bonds is 0. The lowest BCUT2D eigenvalue weighted by Crippen LogP contribution is -2.38. The third kappa shape index (κ3) is 1.29. The molecule has 3 rings (SSSR count). The highest BCUT2D eigenvalue weighted by molar-refractivity contribution is 6.08. The predicted octanol–water partition coefficient (Wildman–Crippen LogP) is 0.919. The van der Waals surface area contributed by atoms with Crippen LogP contribution in [0.4, 0.5) is 0 Å². The monoisotopic (exact) mass is 202 g/mol. The van der Waals surface area contributed by atoms with E-state index in [1.54, 1.807) is 0 Å². The van der Waals surface area contributed by atoms with Crippen LogP contribution >= 0.6 is 0 Å². The lowest BCUT2D eigenvalue weighted by atomic mass is 9.90. The van der Waals surface area contributed by atoms with Crippen molar-refractivity contribution in [1.29, 1.82) is 0 Å². The van der Waals surface area contributed by atoms with Gasteiger partial charge in [0.1, 0.15) is 5.75 Å². The molecule has 1 N–H and O–H groups in total. The topological polar surface area (TPSA) is 50.7 Å². The second-order valence-electron chi connectivity index (χ2n) is 3.74. The van der Waals surface area contributed by atoms with Gasteiger partial charge in [-0.05, 0) is 12.1 Å². The molecule has 2 heterocycles. The van der Waals surface area contributed by atoms with Gasteiger partial charge in [-0.15, -0.1) is 0 Å². The number of amides is 1. The number of hydrogen-bond acceptors (Lipinski definition) is 3. The molecule has 1 aromatic carbocycles. The largest absolute Gasteiger partial charge is 0.492 e. The molecule has 15 heavy (non-hydrogen) atoms. The number of nitrogens with one attached hydrogen (secondary N) is 1. The van der Waals surface area contributed by atoms with Crippen LogP contribution in [0.15, 0.2) is 29.4 Å². The molecule has 1 amide bonds. The summed E-state index contributed by atoms with van der Waals surface area (Å²) in [6.45, 7) is 0.545. The fourth-order valence-corrected chi connectivity index (χ4v) is 1.99. The van der Waals surface area contributed by atoms with E-state index in [2.05, 4.69) is 10.5 Å². The summed E-state index contributed by atoms with van der Waals surface area (Å²) in [5.74, 6) is 0.920. The van der Waals surface area contributed by atoms with Crippen LogP contribution in [0.1, 0.15) is 12.0 Å². The third-order valence-electron chi connectivity index (χ3n) is 2.72. The van der Waals surface area contributed by atoms with E-state index >= 15 is 0 Å². The minimum absolute atomic E-state index is 0.0354. The minimum Gasteiger partial charge on any atom is -0.492 e. The van der Waals surface area contributed by atoms with Gasteiger partial charge in [-0.1, -0.05) is 12.1 Å². The molecule has 0 saturated carbocycles. The van der Waals surface area contributed by atoms with Crippen LogP contribution in [0.3, 0.4) is 0 Å². The Bertz CT molecular complexity index is 454. The van der Waals surface area contributed by atoms with Crippen molar-refractivity contribution in [2.24, 2.45) is 11.0 Å². The average molecular weight is 202 g/mol. The summed E-state index contributed by atoms with van der Waals surface area (Å²) in [5, 5.41) is 4.11. The van der Waals surface area contributed by atoms with Crippen molar-refractivity contribution in [3.05, 3.63) is 29.8 Å². The molecule has 4 heteroatoms. The molecular weight excluding hydrogens is 192 g/mol. The summed E-state index contributed by atoms with van der Waals surface area (Å²) >= 11 is 0. The summed E-state index contributed by atoms with van der Waals surface area (Å²) in [5.41, 5.74) is 4.45. The molecule has 2 aliphatic heterocycles. The van der Waals surface area contributed by atoms with Crippen molar-refractivity contribution in [2.75, 3.05) is 6.61 Å². The highest BCUT2D eigenvalue weighted by Gasteiger charge is 2.31. The summed E-state index contributed by atoms with van der Waals surface area (Å²) in [6, 6.07) is 7.77. The molecule has 4 nitrogen and oxygen atoms in total. The number of ether oxygens (including phenoxy) is 1. The van der Waals surface area contributed by atoms with Gasteiger partial charge in [-0.3, -0.25) is 4.79 Å². The highest BCUT2D eigenvalue weighted by atomic mass is 16.5. The van der Waals surface area contributed by atoms with Crippen LogP contribution in [0.25, 0.3) is 0 Å². The number of benzene rings is 1. The van der Waals surface area contributed by atoms with Gasteiger partial charge in [0.2, 0.25) is 5.91 Å². The van der Waals surface area contributed by atoms with Gasteiger partial charge in [0.15, 0.2) is 0 Å². The van der Waals surface area contributed by atoms with Crippen molar-refractivity contribution >= 4 is 11.6 Å². The quantitative estimate of drug-likeness (QED) is 0.680. The zero-order valence-corrected chi connectivity index (χ0v) is 8.06. The Morgan fingerprint density at radius 2 is 2.27 bits per heavy atom. The first-order valence-electron chi connectivity index (χ1n) is 4.93. The zero-order chi connectivity index (χ0) is 10.3. The van der Waals surface area contributed by atoms with Gasteiger partial charge in [0.25, 0.3) is 0 Å². The maximum absolute atomic E-state index is 11.2. The van der Waals surface area contributed by atoms with E-state index in [-0.39, 0.29) is 11.8 Å². The van der Waals surface area contributed by atoms with Crippen molar-refractivity contribution < 1.29 is 9.53 Å². The summed E-state index contributed by atoms with van der Waals surface area (Å²) in [7, 11) is 0. The van der Waals surface area contributed by atoms with Gasteiger partial charge >= 0.3 is 0 Å². The van der Waals surface area contributed by atoms with E-state index < -0.39 is 0 Å². The van der Waals surface area contributed by atoms with E-state index in [1.807, 2.05) is 24.3 Å². The zero-order valence-electron chi connectivity index (χ0n) is 8.06. The number of hydrogen-bond donors (Lipinski definition) is 1. The molecule has 76 valence electrons. The molecule has 1 atom stereocenters. The molecule has 0 radical (unpaired) electrons. The average Bonchev–Trinajstić information content (AvgIpc) is 2.28. The van der Waals surface area contributed by atoms with E-state index in [1.165, 1.54) is 0 Å². The van der Waals surface area contributed by atoms with Gasteiger partial charge in [-0.25, -0.2) is 5.43 Å². The number of nitrogens with zero attached hydrogens (tertiary/aromatic N) is 1. The minimum atomic E-state index is -0.0354. The van der Waals surface area contributed by atoms with Crippen LogP contribution in [0.2, 0.25) is 0 Å². The lowest BCUT2D eigenvalue weighted by Gasteiger charge is -2.28. The van der Waals surface area contributed by atoms with Gasteiger partial charge in [-0.2, -0.15) is 5.10 Å². The number of carbonyl (C=O) groups excluding carboxylic acids is 1. The van der Waals surface area contributed by atoms with Gasteiger partial charge < -0.3 is 4.74 Å². The molecule has 1 unspecified atom stereocenters. The Morgan fingerprint density at radius 1 is 1.40 bits per heavy atom. The Kier molecular flexibility index (Phi) is 1.74. The summed E-state index contributed by atoms with van der Waals surface area (Å²) in [4.78, 5) is 11.2. The van der Waals surface area contributed by atoms with Crippen LogP contribution < -0.4 is 10.2 Å². The van der Waals surface area contributed by atoms with Gasteiger partial charge in [0, 0.05) is 17.9 Å². The molecule has 0 fully saturated rings. The second kappa shape index (κ2) is 3.08. The molecule has 0 saturated heterocycles. The van der Waals surface area contributed by atoms with Crippen LogP contribution in [-0.2, 0) is 4.79 Å². The number of para-hydroxylation sites is 1. The van der Waals surface area contributed by atoms with Crippen molar-refractivity contribution in [3.63, 3.8) is 0 Å². The Balaban J connectivity index is 2.09. The van der Waals surface area contributed by atoms with Crippen LogP contribution in [0, 0.1) is 5.92 Å². The first-order chi connectivity index (χ1) is 7.34. The molecule has 1 aromatic rings. The first kappa shape index (κ1) is 8.47. The van der Waals surface area contributed by atoms with Crippen molar-refractivity contribution in [3.8, 4) is 5.75 Å². The highest BCUT2D eigenvalue weighted by Crippen LogP contribution is 2.29. The third-order valence-corrected chi connectivity index (χ3v) is 2.72. The van der Waals surface area contributed by atoms with Gasteiger partial charge in [0.05, 0.1) is 12.3 Å². The number of hydrazone groups is 1. The summed E-state index contributed by atoms with van der Waals surface area (Å²) < 4.78 is 5.58. The SMILES string of the molecule is O=C1CC2COc3ccccc3C2=NN1. The Morgan fingerprint density at radius 3 is 3.20 bits per heavy atom. The normalized spacial score (nSPS) is 23.1. The molecule has 2 aliphatic rings. The molecule has 0 aliphatic carbocycles. The van der Waals surface area contributed by atoms with E-state index in [9.17, 15) is 4.79 Å². The van der Waals surface area contributed by atoms with E-state index in [4.69, 9.17) is 4.74 Å². The van der Waals surface area contributed by atoms with E-state index in [0.29, 0.717) is 13.0 Å². The smallest absolute Gasteiger partial charge is 0.240 e. The molecule has 0 spiro atoms. The standard InChI is InChI=1S/C11H10N2O2/c14-10-5-7-6-15-9-4-2-1-3-8(9)11(7)13-12-10/h1-4,7H,5-6H2,(H,12,14). The summed E-state index contributed by atoms with van der Waals surface area (Å²) in [6.07, 6.45) is 0.465. The van der Waals surface area contributed by atoms with Crippen LogP contribution in [0.5, 0.6) is 5.75 Å². The molecule has 0 bridgehead atoms. The second-order valence-corrected chi connectivity index (χ2v) is 3.74. The van der Waals surface area contributed by atoms with Crippen molar-refractivity contribution in [1.82, 2.24) is 5.43 Å². The maximum Gasteiger partial charge on any atom is 0.240 e. The molecule has 0 aromatic heterocycles. The maximum atomic E-state index is 11.2. The lowest BCUT2D eigenvalue weighted by molar-refractivity contribution is -0.122. The van der Waals surface area contributed by atoms with E-state index in [0.717, 1.165) is 17.0 Å². The first-order valence-corrected chi connectivity index (χ1v) is 4.93. The van der Waals surface area contributed by atoms with Crippen molar-refractivity contribution in [2.45, 2.75) is 6.42 Å². The fraction of sp³-hybridized carbons (Fsp3) is 0.273. The Labute approximate surface area is 86.9 Å². The number of fused-ring (bicyclic) bond motifs is 3. The Hall–Kier alpha value is -1.84. The van der Waals surface area contributed by atoms with Crippen LogP contribution in [-0.4, -0.2) is 18.2 Å². The predicted molar refractivity (Wildman–Crippen MR) is 54.7 cm³/mol.